The molecule has 2 rings (SSSR count). The molecule has 1 aliphatic heterocycles. The second kappa shape index (κ2) is 5.91. The van der Waals surface area contributed by atoms with Crippen LogP contribution >= 0.6 is 24.0 Å². The van der Waals surface area contributed by atoms with Gasteiger partial charge in [-0.15, -0.1) is 11.8 Å². The molecule has 5 heteroatoms. The van der Waals surface area contributed by atoms with E-state index in [1.54, 1.807) is 11.8 Å². The molecule has 18 heavy (non-hydrogen) atoms. The van der Waals surface area contributed by atoms with Gasteiger partial charge < -0.3 is 15.8 Å². The smallest absolute Gasteiger partial charge is 0.107 e. The molecule has 0 saturated carbocycles. The lowest BCUT2D eigenvalue weighted by molar-refractivity contribution is 0.121. The Morgan fingerprint density at radius 3 is 2.89 bits per heavy atom. The molecule has 1 aliphatic rings. The summed E-state index contributed by atoms with van der Waals surface area (Å²) in [6.07, 6.45) is 3.27. The van der Waals surface area contributed by atoms with Gasteiger partial charge in [0.15, 0.2) is 0 Å². The molecule has 1 aromatic rings. The highest BCUT2D eigenvalue weighted by molar-refractivity contribution is 7.98. The lowest BCUT2D eigenvalue weighted by Gasteiger charge is -2.20. The van der Waals surface area contributed by atoms with Gasteiger partial charge in [0.2, 0.25) is 0 Å². The summed E-state index contributed by atoms with van der Waals surface area (Å²) in [6.45, 7) is 2.90. The number of ether oxygens (including phenoxy) is 1. The fourth-order valence-corrected chi connectivity index (χ4v) is 3.12. The largest absolute Gasteiger partial charge is 0.389 e. The molecule has 0 aromatic heterocycles. The van der Waals surface area contributed by atoms with Crippen molar-refractivity contribution in [1.82, 2.24) is 0 Å². The van der Waals surface area contributed by atoms with E-state index in [2.05, 4.69) is 12.2 Å². The van der Waals surface area contributed by atoms with Crippen molar-refractivity contribution in [3.05, 3.63) is 23.8 Å². The van der Waals surface area contributed by atoms with E-state index in [9.17, 15) is 0 Å². The van der Waals surface area contributed by atoms with E-state index in [1.165, 1.54) is 0 Å². The minimum Gasteiger partial charge on any atom is -0.389 e. The number of hydrogen-bond acceptors (Lipinski definition) is 4. The van der Waals surface area contributed by atoms with Crippen LogP contribution in [0.1, 0.15) is 18.9 Å². The standard InChI is InChI=1S/C13H18N2OS2/c1-8-9(6-7-16-8)15-10-4-3-5-11(18-2)12(10)13(14)17/h3-5,8-9,15H,6-7H2,1-2H3,(H2,14,17). The van der Waals surface area contributed by atoms with Crippen LogP contribution in [-0.4, -0.2) is 30.0 Å². The van der Waals surface area contributed by atoms with Gasteiger partial charge >= 0.3 is 0 Å². The van der Waals surface area contributed by atoms with Gasteiger partial charge in [-0.2, -0.15) is 0 Å². The maximum atomic E-state index is 5.85. The average molecular weight is 282 g/mol. The number of benzene rings is 1. The fourth-order valence-electron chi connectivity index (χ4n) is 2.20. The Bertz CT molecular complexity index is 451. The molecule has 1 aromatic carbocycles. The van der Waals surface area contributed by atoms with Crippen molar-refractivity contribution < 1.29 is 4.74 Å². The SMILES string of the molecule is CSc1cccc(NC2CCOC2C)c1C(N)=S. The Hall–Kier alpha value is -0.780. The van der Waals surface area contributed by atoms with E-state index in [-0.39, 0.29) is 6.10 Å². The van der Waals surface area contributed by atoms with Crippen LogP contribution in [0.4, 0.5) is 5.69 Å². The Morgan fingerprint density at radius 1 is 1.56 bits per heavy atom. The van der Waals surface area contributed by atoms with Crippen LogP contribution in [0.2, 0.25) is 0 Å². The highest BCUT2D eigenvalue weighted by Gasteiger charge is 2.25. The van der Waals surface area contributed by atoms with Gasteiger partial charge in [-0.25, -0.2) is 0 Å². The Balaban J connectivity index is 2.29. The van der Waals surface area contributed by atoms with Crippen LogP contribution in [0.3, 0.4) is 0 Å². The maximum absolute atomic E-state index is 5.85. The maximum Gasteiger partial charge on any atom is 0.107 e. The third-order valence-electron chi connectivity index (χ3n) is 3.21. The number of nitrogens with two attached hydrogens (primary N) is 1. The van der Waals surface area contributed by atoms with Crippen LogP contribution in [0, 0.1) is 0 Å². The number of rotatable bonds is 4. The summed E-state index contributed by atoms with van der Waals surface area (Å²) in [4.78, 5) is 1.55. The van der Waals surface area contributed by atoms with Crippen molar-refractivity contribution in [2.24, 2.45) is 5.73 Å². The van der Waals surface area contributed by atoms with Gasteiger partial charge in [-0.05, 0) is 31.7 Å². The van der Waals surface area contributed by atoms with Crippen LogP contribution in [0.5, 0.6) is 0 Å². The third-order valence-corrected chi connectivity index (χ3v) is 4.19. The minimum atomic E-state index is 0.224. The van der Waals surface area contributed by atoms with Crippen LogP contribution < -0.4 is 11.1 Å². The topological polar surface area (TPSA) is 47.3 Å². The Morgan fingerprint density at radius 2 is 2.33 bits per heavy atom. The lowest BCUT2D eigenvalue weighted by Crippen LogP contribution is -2.28. The molecule has 1 fully saturated rings. The normalized spacial score (nSPS) is 23.0. The molecule has 98 valence electrons. The second-order valence-corrected chi connectivity index (χ2v) is 5.65. The first-order valence-corrected chi connectivity index (χ1v) is 7.61. The zero-order chi connectivity index (χ0) is 13.1. The highest BCUT2D eigenvalue weighted by atomic mass is 32.2. The van der Waals surface area contributed by atoms with Crippen molar-refractivity contribution in [1.29, 1.82) is 0 Å². The number of nitrogens with one attached hydrogen (secondary N) is 1. The van der Waals surface area contributed by atoms with Crippen molar-refractivity contribution in [3.63, 3.8) is 0 Å². The summed E-state index contributed by atoms with van der Waals surface area (Å²) in [7, 11) is 0. The van der Waals surface area contributed by atoms with Crippen molar-refractivity contribution in [3.8, 4) is 0 Å². The molecule has 3 N–H and O–H groups in total. The average Bonchev–Trinajstić information content (AvgIpc) is 2.74. The molecule has 2 unspecified atom stereocenters. The summed E-state index contributed by atoms with van der Waals surface area (Å²) < 4.78 is 5.56. The van der Waals surface area contributed by atoms with E-state index in [0.717, 1.165) is 29.2 Å². The van der Waals surface area contributed by atoms with E-state index >= 15 is 0 Å². The van der Waals surface area contributed by atoms with Crippen molar-refractivity contribution in [2.75, 3.05) is 18.2 Å². The number of thiocarbonyl (C=S) groups is 1. The highest BCUT2D eigenvalue weighted by Crippen LogP contribution is 2.29. The monoisotopic (exact) mass is 282 g/mol. The molecule has 1 saturated heterocycles. The lowest BCUT2D eigenvalue weighted by atomic mass is 10.1. The summed E-state index contributed by atoms with van der Waals surface area (Å²) in [5, 5.41) is 3.51. The summed E-state index contributed by atoms with van der Waals surface area (Å²) in [6, 6.07) is 6.42. The molecule has 1 heterocycles. The minimum absolute atomic E-state index is 0.224. The molecule has 0 amide bonds. The number of anilines is 1. The van der Waals surface area contributed by atoms with Crippen molar-refractivity contribution >= 4 is 34.7 Å². The van der Waals surface area contributed by atoms with Gasteiger partial charge in [0.25, 0.3) is 0 Å². The molecular formula is C13H18N2OS2. The fraction of sp³-hybridized carbons (Fsp3) is 0.462. The van der Waals surface area contributed by atoms with Gasteiger partial charge in [-0.3, -0.25) is 0 Å². The first-order valence-electron chi connectivity index (χ1n) is 5.98. The van der Waals surface area contributed by atoms with Crippen LogP contribution in [-0.2, 0) is 4.74 Å². The third kappa shape index (κ3) is 2.79. The first-order chi connectivity index (χ1) is 8.63. The predicted octanol–water partition coefficient (Wildman–Crippen LogP) is 2.63. The Kier molecular flexibility index (Phi) is 4.48. The molecule has 0 bridgehead atoms. The second-order valence-electron chi connectivity index (χ2n) is 4.36. The van der Waals surface area contributed by atoms with E-state index < -0.39 is 0 Å². The van der Waals surface area contributed by atoms with E-state index in [4.69, 9.17) is 22.7 Å². The first kappa shape index (κ1) is 13.6. The molecule has 0 aliphatic carbocycles. The van der Waals surface area contributed by atoms with Gasteiger partial charge in [-0.1, -0.05) is 18.3 Å². The number of thioether (sulfide) groups is 1. The predicted molar refractivity (Wildman–Crippen MR) is 81.6 cm³/mol. The molecule has 3 nitrogen and oxygen atoms in total. The van der Waals surface area contributed by atoms with Gasteiger partial charge in [0.1, 0.15) is 4.99 Å². The summed E-state index contributed by atoms with van der Waals surface area (Å²) in [5.74, 6) is 0. The zero-order valence-electron chi connectivity index (χ0n) is 10.6. The molecule has 0 radical (unpaired) electrons. The molecular weight excluding hydrogens is 264 g/mol. The number of hydrogen-bond donors (Lipinski definition) is 2. The molecule has 0 spiro atoms. The zero-order valence-corrected chi connectivity index (χ0v) is 12.2. The molecule has 2 atom stereocenters. The van der Waals surface area contributed by atoms with E-state index in [0.29, 0.717) is 11.0 Å². The van der Waals surface area contributed by atoms with Gasteiger partial charge in [0, 0.05) is 22.8 Å². The van der Waals surface area contributed by atoms with E-state index in [1.807, 2.05) is 24.5 Å². The quantitative estimate of drug-likeness (QED) is 0.657. The van der Waals surface area contributed by atoms with Crippen LogP contribution in [0.25, 0.3) is 0 Å². The summed E-state index contributed by atoms with van der Waals surface area (Å²) in [5.41, 5.74) is 7.80. The van der Waals surface area contributed by atoms with Crippen LogP contribution in [0.15, 0.2) is 23.1 Å². The van der Waals surface area contributed by atoms with Crippen molar-refractivity contribution in [2.45, 2.75) is 30.4 Å². The van der Waals surface area contributed by atoms with Gasteiger partial charge in [0.05, 0.1) is 12.1 Å². The summed E-state index contributed by atoms with van der Waals surface area (Å²) >= 11 is 6.82. The Labute approximate surface area is 117 Å².